The van der Waals surface area contributed by atoms with Crippen LogP contribution in [-0.2, 0) is 0 Å². The molecule has 1 heterocycles. The standard InChI is InChI=1S/C22H23N3O2.ClH/c1-3-25(4-2)13-14-26-20-11-7-5-9-17(20)15-18(16-23)22-19-10-6-8-12-21(19)27-24-22;/h5-12,15H,3-4,13-14H2,1-2H3;1H/b18-15+;. The highest BCUT2D eigenvalue weighted by Gasteiger charge is 2.13. The van der Waals surface area contributed by atoms with Crippen molar-refractivity contribution in [3.8, 4) is 11.8 Å². The van der Waals surface area contributed by atoms with E-state index < -0.39 is 0 Å². The monoisotopic (exact) mass is 397 g/mol. The molecule has 6 heteroatoms. The van der Waals surface area contributed by atoms with Gasteiger partial charge in [0, 0.05) is 12.1 Å². The van der Waals surface area contributed by atoms with Gasteiger partial charge in [0.05, 0.1) is 11.0 Å². The SMILES string of the molecule is CCN(CC)CCOc1ccccc1/C=C(\C#N)c1noc2ccccc12.Cl. The van der Waals surface area contributed by atoms with Gasteiger partial charge >= 0.3 is 0 Å². The zero-order chi connectivity index (χ0) is 19.1. The third kappa shape index (κ3) is 4.92. The average Bonchev–Trinajstić information content (AvgIpc) is 3.14. The number of hydrogen-bond acceptors (Lipinski definition) is 5. The lowest BCUT2D eigenvalue weighted by atomic mass is 10.1. The molecule has 0 aliphatic heterocycles. The van der Waals surface area contributed by atoms with E-state index in [2.05, 4.69) is 30.0 Å². The summed E-state index contributed by atoms with van der Waals surface area (Å²) in [6.45, 7) is 7.74. The molecule has 0 unspecified atom stereocenters. The first-order valence-electron chi connectivity index (χ1n) is 9.17. The van der Waals surface area contributed by atoms with Crippen molar-refractivity contribution >= 4 is 35.0 Å². The van der Waals surface area contributed by atoms with Gasteiger partial charge in [-0.1, -0.05) is 49.3 Å². The number of ether oxygens (including phenoxy) is 1. The first-order chi connectivity index (χ1) is 13.3. The van der Waals surface area contributed by atoms with Crippen molar-refractivity contribution in [2.45, 2.75) is 13.8 Å². The minimum Gasteiger partial charge on any atom is -0.492 e. The molecule has 0 aliphatic rings. The quantitative estimate of drug-likeness (QED) is 0.498. The number of nitrogens with zero attached hydrogens (tertiary/aromatic N) is 3. The van der Waals surface area contributed by atoms with E-state index in [1.54, 1.807) is 6.08 Å². The number of benzene rings is 2. The molecule has 0 fully saturated rings. The Morgan fingerprint density at radius 3 is 2.61 bits per heavy atom. The number of para-hydroxylation sites is 2. The van der Waals surface area contributed by atoms with Gasteiger partial charge in [-0.2, -0.15) is 5.26 Å². The smallest absolute Gasteiger partial charge is 0.167 e. The molecule has 1 aromatic heterocycles. The van der Waals surface area contributed by atoms with E-state index in [4.69, 9.17) is 9.26 Å². The molecule has 146 valence electrons. The molecule has 0 radical (unpaired) electrons. The topological polar surface area (TPSA) is 62.3 Å². The Bertz CT molecular complexity index is 971. The fourth-order valence-electron chi connectivity index (χ4n) is 2.94. The molecular weight excluding hydrogens is 374 g/mol. The molecule has 0 saturated heterocycles. The number of nitriles is 1. The summed E-state index contributed by atoms with van der Waals surface area (Å²) < 4.78 is 11.3. The fraction of sp³-hybridized carbons (Fsp3) is 0.273. The highest BCUT2D eigenvalue weighted by atomic mass is 35.5. The second-order valence-electron chi connectivity index (χ2n) is 6.11. The van der Waals surface area contributed by atoms with Crippen LogP contribution in [0.15, 0.2) is 53.1 Å². The Hall–Kier alpha value is -2.81. The second kappa shape index (κ2) is 10.5. The Balaban J connectivity index is 0.00000280. The molecule has 5 nitrogen and oxygen atoms in total. The summed E-state index contributed by atoms with van der Waals surface area (Å²) >= 11 is 0. The van der Waals surface area contributed by atoms with Gasteiger partial charge in [0.25, 0.3) is 0 Å². The van der Waals surface area contributed by atoms with Crippen LogP contribution in [0, 0.1) is 11.3 Å². The minimum atomic E-state index is 0. The van der Waals surface area contributed by atoms with E-state index in [0.29, 0.717) is 23.5 Å². The van der Waals surface area contributed by atoms with Crippen molar-refractivity contribution in [3.05, 3.63) is 59.8 Å². The normalized spacial score (nSPS) is 11.3. The van der Waals surface area contributed by atoms with Gasteiger partial charge in [-0.25, -0.2) is 0 Å². The zero-order valence-corrected chi connectivity index (χ0v) is 16.9. The highest BCUT2D eigenvalue weighted by Crippen LogP contribution is 2.28. The lowest BCUT2D eigenvalue weighted by molar-refractivity contribution is 0.222. The van der Waals surface area contributed by atoms with Crippen LogP contribution in [0.2, 0.25) is 0 Å². The van der Waals surface area contributed by atoms with Gasteiger partial charge in [-0.15, -0.1) is 12.4 Å². The number of halogens is 1. The van der Waals surface area contributed by atoms with Gasteiger partial charge in [0.15, 0.2) is 5.58 Å². The molecule has 0 aliphatic carbocycles. The summed E-state index contributed by atoms with van der Waals surface area (Å²) in [7, 11) is 0. The average molecular weight is 398 g/mol. The van der Waals surface area contributed by atoms with Gasteiger partial charge < -0.3 is 14.2 Å². The van der Waals surface area contributed by atoms with E-state index in [-0.39, 0.29) is 12.4 Å². The molecule has 3 aromatic rings. The first kappa shape index (κ1) is 21.5. The summed E-state index contributed by atoms with van der Waals surface area (Å²) in [6, 6.07) is 17.5. The summed E-state index contributed by atoms with van der Waals surface area (Å²) in [5.41, 5.74) is 2.50. The van der Waals surface area contributed by atoms with Crippen molar-refractivity contribution in [1.82, 2.24) is 10.1 Å². The Labute approximate surface area is 171 Å². The van der Waals surface area contributed by atoms with Crippen LogP contribution in [0.4, 0.5) is 0 Å². The van der Waals surface area contributed by atoms with Crippen molar-refractivity contribution in [2.75, 3.05) is 26.2 Å². The zero-order valence-electron chi connectivity index (χ0n) is 16.1. The number of hydrogen-bond donors (Lipinski definition) is 0. The van der Waals surface area contributed by atoms with Crippen LogP contribution in [0.25, 0.3) is 22.6 Å². The predicted molar refractivity (Wildman–Crippen MR) is 114 cm³/mol. The molecule has 0 amide bonds. The van der Waals surface area contributed by atoms with E-state index in [0.717, 1.165) is 36.3 Å². The number of fused-ring (bicyclic) bond motifs is 1. The summed E-state index contributed by atoms with van der Waals surface area (Å²) in [4.78, 5) is 2.31. The maximum atomic E-state index is 9.67. The van der Waals surface area contributed by atoms with E-state index >= 15 is 0 Å². The molecule has 0 bridgehead atoms. The van der Waals surface area contributed by atoms with Gasteiger partial charge in [0.2, 0.25) is 0 Å². The Morgan fingerprint density at radius 1 is 1.14 bits per heavy atom. The second-order valence-corrected chi connectivity index (χ2v) is 6.11. The first-order valence-corrected chi connectivity index (χ1v) is 9.17. The molecule has 28 heavy (non-hydrogen) atoms. The minimum absolute atomic E-state index is 0. The highest BCUT2D eigenvalue weighted by molar-refractivity contribution is 5.99. The van der Waals surface area contributed by atoms with Gasteiger partial charge in [0.1, 0.15) is 24.1 Å². The Kier molecular flexibility index (Phi) is 8.06. The number of allylic oxidation sites excluding steroid dienone is 1. The maximum absolute atomic E-state index is 9.67. The van der Waals surface area contributed by atoms with Crippen molar-refractivity contribution < 1.29 is 9.26 Å². The molecule has 3 rings (SSSR count). The van der Waals surface area contributed by atoms with Crippen LogP contribution in [-0.4, -0.2) is 36.3 Å². The van der Waals surface area contributed by atoms with Crippen molar-refractivity contribution in [1.29, 1.82) is 5.26 Å². The van der Waals surface area contributed by atoms with Crippen LogP contribution < -0.4 is 4.74 Å². The summed E-state index contributed by atoms with van der Waals surface area (Å²) in [5.74, 6) is 0.755. The van der Waals surface area contributed by atoms with Crippen LogP contribution >= 0.6 is 12.4 Å². The Morgan fingerprint density at radius 2 is 1.86 bits per heavy atom. The molecule has 0 saturated carbocycles. The lowest BCUT2D eigenvalue weighted by Crippen LogP contribution is -2.27. The molecular formula is C22H24ClN3O2. The predicted octanol–water partition coefficient (Wildman–Crippen LogP) is 5.03. The fourth-order valence-corrected chi connectivity index (χ4v) is 2.94. The molecule has 0 spiro atoms. The number of rotatable bonds is 8. The van der Waals surface area contributed by atoms with Gasteiger partial charge in [-0.3, -0.25) is 0 Å². The molecule has 2 aromatic carbocycles. The van der Waals surface area contributed by atoms with E-state index in [1.807, 2.05) is 48.5 Å². The number of aromatic nitrogens is 1. The van der Waals surface area contributed by atoms with Crippen molar-refractivity contribution in [3.63, 3.8) is 0 Å². The third-order valence-corrected chi connectivity index (χ3v) is 4.53. The maximum Gasteiger partial charge on any atom is 0.167 e. The van der Waals surface area contributed by atoms with Crippen LogP contribution in [0.5, 0.6) is 5.75 Å². The summed E-state index contributed by atoms with van der Waals surface area (Å²) in [5, 5.41) is 14.6. The molecule has 0 N–H and O–H groups in total. The van der Waals surface area contributed by atoms with Crippen LogP contribution in [0.1, 0.15) is 25.1 Å². The summed E-state index contributed by atoms with van der Waals surface area (Å²) in [6.07, 6.45) is 1.80. The van der Waals surface area contributed by atoms with Gasteiger partial charge in [-0.05, 0) is 37.4 Å². The lowest BCUT2D eigenvalue weighted by Gasteiger charge is -2.18. The largest absolute Gasteiger partial charge is 0.492 e. The number of likely N-dealkylation sites (N-methyl/N-ethyl adjacent to an activating group) is 1. The third-order valence-electron chi connectivity index (χ3n) is 4.53. The van der Waals surface area contributed by atoms with E-state index in [9.17, 15) is 5.26 Å². The van der Waals surface area contributed by atoms with Crippen molar-refractivity contribution in [2.24, 2.45) is 0 Å². The van der Waals surface area contributed by atoms with Crippen LogP contribution in [0.3, 0.4) is 0 Å². The molecule has 0 atom stereocenters. The van der Waals surface area contributed by atoms with E-state index in [1.165, 1.54) is 0 Å².